The van der Waals surface area contributed by atoms with Crippen LogP contribution in [0, 0.1) is 12.8 Å². The summed E-state index contributed by atoms with van der Waals surface area (Å²) in [5.41, 5.74) is 3.57. The molecule has 1 rings (SSSR count). The smallest absolute Gasteiger partial charge is 0.0658 e. The average molecular weight is 189 g/mol. The van der Waals surface area contributed by atoms with Gasteiger partial charge in [-0.1, -0.05) is 32.0 Å². The molecule has 0 spiro atoms. The first-order chi connectivity index (χ1) is 6.65. The number of para-hydroxylation sites is 1. The van der Waals surface area contributed by atoms with E-state index in [0.29, 0.717) is 5.92 Å². The molecule has 0 saturated carbocycles. The third kappa shape index (κ3) is 2.69. The molecule has 1 heteroatoms. The Bertz CT molecular complexity index is 326. The molecule has 0 saturated heterocycles. The molecule has 0 aliphatic carbocycles. The van der Waals surface area contributed by atoms with E-state index in [2.05, 4.69) is 44.8 Å². The molecule has 0 N–H and O–H groups in total. The molecule has 14 heavy (non-hydrogen) atoms. The molecule has 1 nitrogen and oxygen atoms in total. The zero-order valence-electron chi connectivity index (χ0n) is 9.54. The monoisotopic (exact) mass is 189 g/mol. The zero-order chi connectivity index (χ0) is 10.6. The fourth-order valence-corrected chi connectivity index (χ4v) is 1.28. The fourth-order valence-electron chi connectivity index (χ4n) is 1.28. The van der Waals surface area contributed by atoms with Gasteiger partial charge in [-0.2, -0.15) is 0 Å². The second-order valence-corrected chi connectivity index (χ2v) is 3.85. The van der Waals surface area contributed by atoms with Crippen LogP contribution in [-0.2, 0) is 0 Å². The summed E-state index contributed by atoms with van der Waals surface area (Å²) in [4.78, 5) is 4.65. The SMILES string of the molecule is CCC(C)/C(C)=N\c1ccccc1C. The number of benzene rings is 1. The Hall–Kier alpha value is -1.11. The van der Waals surface area contributed by atoms with Crippen molar-refractivity contribution < 1.29 is 0 Å². The molecule has 1 atom stereocenters. The summed E-state index contributed by atoms with van der Waals surface area (Å²) in [5, 5.41) is 0. The summed E-state index contributed by atoms with van der Waals surface area (Å²) in [6, 6.07) is 8.26. The highest BCUT2D eigenvalue weighted by molar-refractivity contribution is 5.86. The number of nitrogens with zero attached hydrogens (tertiary/aromatic N) is 1. The van der Waals surface area contributed by atoms with Crippen molar-refractivity contribution in [3.63, 3.8) is 0 Å². The van der Waals surface area contributed by atoms with Crippen LogP contribution >= 0.6 is 0 Å². The first-order valence-electron chi connectivity index (χ1n) is 5.26. The fraction of sp³-hybridized carbons (Fsp3) is 0.462. The van der Waals surface area contributed by atoms with Crippen molar-refractivity contribution in [2.24, 2.45) is 10.9 Å². The summed E-state index contributed by atoms with van der Waals surface area (Å²) in [6.45, 7) is 8.63. The molecule has 0 amide bonds. The minimum atomic E-state index is 0.578. The highest BCUT2D eigenvalue weighted by atomic mass is 14.7. The number of rotatable bonds is 3. The Morgan fingerprint density at radius 2 is 2.00 bits per heavy atom. The molecule has 0 bridgehead atoms. The van der Waals surface area contributed by atoms with E-state index in [1.807, 2.05) is 12.1 Å². The van der Waals surface area contributed by atoms with Gasteiger partial charge in [-0.3, -0.25) is 4.99 Å². The van der Waals surface area contributed by atoms with Crippen LogP contribution in [-0.4, -0.2) is 5.71 Å². The van der Waals surface area contributed by atoms with Crippen molar-refractivity contribution in [2.75, 3.05) is 0 Å². The molecule has 76 valence electrons. The highest BCUT2D eigenvalue weighted by Crippen LogP contribution is 2.19. The molecule has 1 unspecified atom stereocenters. The largest absolute Gasteiger partial charge is 0.258 e. The van der Waals surface area contributed by atoms with E-state index in [-0.39, 0.29) is 0 Å². The molecular formula is C13H19N. The van der Waals surface area contributed by atoms with E-state index >= 15 is 0 Å². The normalized spacial score (nSPS) is 14.1. The van der Waals surface area contributed by atoms with Gasteiger partial charge in [-0.25, -0.2) is 0 Å². The molecule has 0 fully saturated rings. The van der Waals surface area contributed by atoms with Gasteiger partial charge in [0.05, 0.1) is 5.69 Å². The van der Waals surface area contributed by atoms with E-state index in [1.165, 1.54) is 11.3 Å². The van der Waals surface area contributed by atoms with Crippen molar-refractivity contribution in [2.45, 2.75) is 34.1 Å². The standard InChI is InChI=1S/C13H19N/c1-5-10(2)12(4)14-13-9-7-6-8-11(13)3/h6-10H,5H2,1-4H3/b14-12-. The minimum Gasteiger partial charge on any atom is -0.258 e. The van der Waals surface area contributed by atoms with Crippen molar-refractivity contribution in [3.8, 4) is 0 Å². The minimum absolute atomic E-state index is 0.578. The van der Waals surface area contributed by atoms with E-state index in [9.17, 15) is 0 Å². The lowest BCUT2D eigenvalue weighted by Gasteiger charge is -2.08. The van der Waals surface area contributed by atoms with E-state index in [4.69, 9.17) is 0 Å². The predicted octanol–water partition coefficient (Wildman–Crippen LogP) is 4.13. The third-order valence-electron chi connectivity index (χ3n) is 2.74. The molecule has 0 aliphatic heterocycles. The molecule has 0 aliphatic rings. The Morgan fingerprint density at radius 1 is 1.36 bits per heavy atom. The molecule has 1 aromatic carbocycles. The van der Waals surface area contributed by atoms with E-state index in [1.54, 1.807) is 0 Å². The van der Waals surface area contributed by atoms with Crippen LogP contribution in [0.4, 0.5) is 5.69 Å². The molecule has 0 heterocycles. The Balaban J connectivity index is 2.91. The summed E-state index contributed by atoms with van der Waals surface area (Å²) < 4.78 is 0. The van der Waals surface area contributed by atoms with Gasteiger partial charge in [0.15, 0.2) is 0 Å². The van der Waals surface area contributed by atoms with Gasteiger partial charge in [-0.05, 0) is 37.8 Å². The van der Waals surface area contributed by atoms with Crippen LogP contribution < -0.4 is 0 Å². The third-order valence-corrected chi connectivity index (χ3v) is 2.74. The van der Waals surface area contributed by atoms with Gasteiger partial charge in [0.2, 0.25) is 0 Å². The Morgan fingerprint density at radius 3 is 2.57 bits per heavy atom. The number of hydrogen-bond acceptors (Lipinski definition) is 1. The summed E-state index contributed by atoms with van der Waals surface area (Å²) in [5.74, 6) is 0.578. The topological polar surface area (TPSA) is 12.4 Å². The first kappa shape index (κ1) is 11.0. The van der Waals surface area contributed by atoms with E-state index in [0.717, 1.165) is 12.1 Å². The molecule has 0 aromatic heterocycles. The summed E-state index contributed by atoms with van der Waals surface area (Å²) in [6.07, 6.45) is 1.15. The second-order valence-electron chi connectivity index (χ2n) is 3.85. The second kappa shape index (κ2) is 4.94. The van der Waals surface area contributed by atoms with Gasteiger partial charge in [0.25, 0.3) is 0 Å². The predicted molar refractivity (Wildman–Crippen MR) is 63.4 cm³/mol. The number of aryl methyl sites for hydroxylation is 1. The molecular weight excluding hydrogens is 170 g/mol. The van der Waals surface area contributed by atoms with Crippen molar-refractivity contribution in [1.82, 2.24) is 0 Å². The van der Waals surface area contributed by atoms with Crippen molar-refractivity contribution >= 4 is 11.4 Å². The van der Waals surface area contributed by atoms with Crippen LogP contribution in [0.25, 0.3) is 0 Å². The van der Waals surface area contributed by atoms with Crippen LogP contribution in [0.15, 0.2) is 29.3 Å². The Labute approximate surface area is 86.9 Å². The lowest BCUT2D eigenvalue weighted by Crippen LogP contribution is -2.04. The van der Waals surface area contributed by atoms with Gasteiger partial charge >= 0.3 is 0 Å². The highest BCUT2D eigenvalue weighted by Gasteiger charge is 2.03. The van der Waals surface area contributed by atoms with Gasteiger partial charge in [-0.15, -0.1) is 0 Å². The zero-order valence-corrected chi connectivity index (χ0v) is 9.54. The maximum absolute atomic E-state index is 4.65. The van der Waals surface area contributed by atoms with E-state index < -0.39 is 0 Å². The van der Waals surface area contributed by atoms with Gasteiger partial charge in [0.1, 0.15) is 0 Å². The van der Waals surface area contributed by atoms with Crippen molar-refractivity contribution in [3.05, 3.63) is 29.8 Å². The van der Waals surface area contributed by atoms with Crippen LogP contribution in [0.3, 0.4) is 0 Å². The van der Waals surface area contributed by atoms with Crippen LogP contribution in [0.2, 0.25) is 0 Å². The summed E-state index contributed by atoms with van der Waals surface area (Å²) in [7, 11) is 0. The maximum atomic E-state index is 4.65. The lowest BCUT2D eigenvalue weighted by atomic mass is 10.0. The number of hydrogen-bond donors (Lipinski definition) is 0. The Kier molecular flexibility index (Phi) is 3.87. The van der Waals surface area contributed by atoms with Gasteiger partial charge in [0, 0.05) is 5.71 Å². The quantitative estimate of drug-likeness (QED) is 0.634. The first-order valence-corrected chi connectivity index (χ1v) is 5.26. The summed E-state index contributed by atoms with van der Waals surface area (Å²) >= 11 is 0. The molecule has 1 aromatic rings. The van der Waals surface area contributed by atoms with Crippen molar-refractivity contribution in [1.29, 1.82) is 0 Å². The van der Waals surface area contributed by atoms with Crippen LogP contribution in [0.5, 0.6) is 0 Å². The lowest BCUT2D eigenvalue weighted by molar-refractivity contribution is 0.736. The van der Waals surface area contributed by atoms with Crippen LogP contribution in [0.1, 0.15) is 32.8 Å². The van der Waals surface area contributed by atoms with Gasteiger partial charge < -0.3 is 0 Å². The number of aliphatic imine (C=N–C) groups is 1. The maximum Gasteiger partial charge on any atom is 0.0658 e. The average Bonchev–Trinajstić information content (AvgIpc) is 2.20. The molecule has 0 radical (unpaired) electrons.